The van der Waals surface area contributed by atoms with E-state index in [0.717, 1.165) is 5.56 Å². The Morgan fingerprint density at radius 2 is 2.40 bits per heavy atom. The van der Waals surface area contributed by atoms with Gasteiger partial charge in [0.05, 0.1) is 5.60 Å². The van der Waals surface area contributed by atoms with Gasteiger partial charge in [-0.25, -0.2) is 4.98 Å². The minimum Gasteiger partial charge on any atom is -0.388 e. The van der Waals surface area contributed by atoms with Crippen LogP contribution in [0.25, 0.3) is 0 Å². The number of β-amino-alcohol motifs (C(OH)–C–C–N with tert-alkyl or cyclic N) is 1. The summed E-state index contributed by atoms with van der Waals surface area (Å²) in [5.41, 5.74) is 0.842. The summed E-state index contributed by atoms with van der Waals surface area (Å²) in [6.07, 6.45) is 1.62. The zero-order chi connectivity index (χ0) is 10.9. The van der Waals surface area contributed by atoms with Crippen LogP contribution in [0.3, 0.4) is 0 Å². The summed E-state index contributed by atoms with van der Waals surface area (Å²) in [5, 5.41) is 18.4. The second kappa shape index (κ2) is 3.61. The molecule has 2 rings (SSSR count). The van der Waals surface area contributed by atoms with Crippen molar-refractivity contribution in [2.24, 2.45) is 0 Å². The first-order valence-corrected chi connectivity index (χ1v) is 4.89. The average molecular weight is 203 g/mol. The fraction of sp³-hybridized carbons (Fsp3) is 0.455. The number of aromatic nitrogens is 1. The molecule has 2 heterocycles. The van der Waals surface area contributed by atoms with E-state index in [0.29, 0.717) is 25.3 Å². The molecule has 1 N–H and O–H groups in total. The van der Waals surface area contributed by atoms with E-state index in [4.69, 9.17) is 5.26 Å². The monoisotopic (exact) mass is 203 g/mol. The Balaban J connectivity index is 2.04. The molecule has 0 spiro atoms. The largest absolute Gasteiger partial charge is 0.388 e. The fourth-order valence-corrected chi connectivity index (χ4v) is 1.94. The maximum atomic E-state index is 9.57. The predicted molar refractivity (Wildman–Crippen MR) is 54.9 cm³/mol. The Morgan fingerprint density at radius 1 is 1.67 bits per heavy atom. The second-order valence-corrected chi connectivity index (χ2v) is 4.27. The summed E-state index contributed by atoms with van der Waals surface area (Å²) in [7, 11) is 0. The molecule has 0 radical (unpaired) electrons. The first-order valence-electron chi connectivity index (χ1n) is 4.89. The topological polar surface area (TPSA) is 60.1 Å². The molecule has 0 bridgehead atoms. The van der Waals surface area contributed by atoms with E-state index < -0.39 is 5.60 Å². The standard InChI is InChI=1S/C11H13N3O/c1-11(15)7-14(8-11)6-9-3-2-4-13-10(9)5-12/h2-4,15H,6-8H2,1H3. The first kappa shape index (κ1) is 10.1. The lowest BCUT2D eigenvalue weighted by molar-refractivity contribution is -0.0871. The molecule has 1 aromatic rings. The predicted octanol–water partition coefficient (Wildman–Crippen LogP) is 0.520. The lowest BCUT2D eigenvalue weighted by Gasteiger charge is -2.44. The van der Waals surface area contributed by atoms with Crippen LogP contribution < -0.4 is 0 Å². The minimum absolute atomic E-state index is 0.476. The number of hydrogen-bond donors (Lipinski definition) is 1. The van der Waals surface area contributed by atoms with Crippen LogP contribution in [-0.2, 0) is 6.54 Å². The van der Waals surface area contributed by atoms with Crippen LogP contribution in [0, 0.1) is 11.3 Å². The summed E-state index contributed by atoms with van der Waals surface area (Å²) in [6.45, 7) is 3.82. The van der Waals surface area contributed by atoms with Crippen LogP contribution in [0.4, 0.5) is 0 Å². The third kappa shape index (κ3) is 2.14. The highest BCUT2D eigenvalue weighted by atomic mass is 16.3. The fourth-order valence-electron chi connectivity index (χ4n) is 1.94. The van der Waals surface area contributed by atoms with Crippen molar-refractivity contribution in [2.75, 3.05) is 13.1 Å². The number of likely N-dealkylation sites (tertiary alicyclic amines) is 1. The number of hydrogen-bond acceptors (Lipinski definition) is 4. The summed E-state index contributed by atoms with van der Waals surface area (Å²) in [4.78, 5) is 6.09. The molecular formula is C11H13N3O. The highest BCUT2D eigenvalue weighted by Gasteiger charge is 2.36. The lowest BCUT2D eigenvalue weighted by Crippen LogP contribution is -2.59. The zero-order valence-electron chi connectivity index (χ0n) is 8.64. The minimum atomic E-state index is -0.561. The molecule has 4 nitrogen and oxygen atoms in total. The molecule has 1 fully saturated rings. The van der Waals surface area contributed by atoms with E-state index in [-0.39, 0.29) is 0 Å². The van der Waals surface area contributed by atoms with Crippen LogP contribution in [-0.4, -0.2) is 33.7 Å². The van der Waals surface area contributed by atoms with Crippen molar-refractivity contribution in [3.8, 4) is 6.07 Å². The molecule has 0 aromatic carbocycles. The summed E-state index contributed by atoms with van der Waals surface area (Å²) < 4.78 is 0. The Bertz CT molecular complexity index is 401. The molecule has 0 unspecified atom stereocenters. The third-order valence-electron chi connectivity index (χ3n) is 2.52. The van der Waals surface area contributed by atoms with Gasteiger partial charge in [0.1, 0.15) is 11.8 Å². The number of nitriles is 1. The molecule has 1 saturated heterocycles. The van der Waals surface area contributed by atoms with Gasteiger partial charge >= 0.3 is 0 Å². The van der Waals surface area contributed by atoms with Gasteiger partial charge in [-0.15, -0.1) is 0 Å². The van der Waals surface area contributed by atoms with E-state index >= 15 is 0 Å². The van der Waals surface area contributed by atoms with Crippen molar-refractivity contribution in [1.29, 1.82) is 5.26 Å². The maximum Gasteiger partial charge on any atom is 0.144 e. The first-order chi connectivity index (χ1) is 7.11. The Labute approximate surface area is 88.8 Å². The van der Waals surface area contributed by atoms with Gasteiger partial charge in [-0.1, -0.05) is 6.07 Å². The maximum absolute atomic E-state index is 9.57. The van der Waals surface area contributed by atoms with Crippen molar-refractivity contribution in [3.05, 3.63) is 29.6 Å². The Hall–Kier alpha value is -1.44. The van der Waals surface area contributed by atoms with Crippen LogP contribution >= 0.6 is 0 Å². The van der Waals surface area contributed by atoms with Crippen LogP contribution in [0.2, 0.25) is 0 Å². The average Bonchev–Trinajstić information content (AvgIpc) is 2.16. The molecule has 0 amide bonds. The van der Waals surface area contributed by atoms with Gasteiger partial charge in [-0.2, -0.15) is 5.26 Å². The van der Waals surface area contributed by atoms with Gasteiger partial charge in [-0.05, 0) is 13.0 Å². The van der Waals surface area contributed by atoms with Crippen molar-refractivity contribution in [1.82, 2.24) is 9.88 Å². The van der Waals surface area contributed by atoms with Gasteiger partial charge in [0.25, 0.3) is 0 Å². The van der Waals surface area contributed by atoms with Gasteiger partial charge in [0.15, 0.2) is 0 Å². The van der Waals surface area contributed by atoms with E-state index in [9.17, 15) is 5.11 Å². The Kier molecular flexibility index (Phi) is 2.43. The Morgan fingerprint density at radius 3 is 3.00 bits per heavy atom. The van der Waals surface area contributed by atoms with Gasteiger partial charge in [0.2, 0.25) is 0 Å². The quantitative estimate of drug-likeness (QED) is 0.761. The van der Waals surface area contributed by atoms with Gasteiger partial charge in [-0.3, -0.25) is 4.90 Å². The van der Waals surface area contributed by atoms with Gasteiger partial charge < -0.3 is 5.11 Å². The summed E-state index contributed by atoms with van der Waals surface area (Å²) in [5.74, 6) is 0. The smallest absolute Gasteiger partial charge is 0.144 e. The van der Waals surface area contributed by atoms with Crippen molar-refractivity contribution >= 4 is 0 Å². The van der Waals surface area contributed by atoms with Crippen molar-refractivity contribution in [3.63, 3.8) is 0 Å². The molecule has 78 valence electrons. The van der Waals surface area contributed by atoms with Crippen molar-refractivity contribution < 1.29 is 5.11 Å². The molecule has 0 atom stereocenters. The summed E-state index contributed by atoms with van der Waals surface area (Å²) >= 11 is 0. The van der Waals surface area contributed by atoms with Crippen LogP contribution in [0.5, 0.6) is 0 Å². The number of pyridine rings is 1. The molecule has 0 saturated carbocycles. The lowest BCUT2D eigenvalue weighted by atomic mass is 9.96. The molecule has 1 aliphatic rings. The molecular weight excluding hydrogens is 190 g/mol. The zero-order valence-corrected chi connectivity index (χ0v) is 8.64. The highest BCUT2D eigenvalue weighted by molar-refractivity contribution is 5.30. The van der Waals surface area contributed by atoms with Crippen LogP contribution in [0.15, 0.2) is 18.3 Å². The molecule has 15 heavy (non-hydrogen) atoms. The van der Waals surface area contributed by atoms with E-state index in [1.54, 1.807) is 6.20 Å². The third-order valence-corrected chi connectivity index (χ3v) is 2.52. The van der Waals surface area contributed by atoms with Gasteiger partial charge in [0, 0.05) is 31.4 Å². The van der Waals surface area contributed by atoms with Crippen LogP contribution in [0.1, 0.15) is 18.2 Å². The molecule has 0 aliphatic carbocycles. The van der Waals surface area contributed by atoms with E-state index in [1.807, 2.05) is 19.1 Å². The van der Waals surface area contributed by atoms with E-state index in [1.165, 1.54) is 0 Å². The van der Waals surface area contributed by atoms with Crippen molar-refractivity contribution in [2.45, 2.75) is 19.1 Å². The van der Waals surface area contributed by atoms with E-state index in [2.05, 4.69) is 16.0 Å². The number of aliphatic hydroxyl groups is 1. The SMILES string of the molecule is CC1(O)CN(Cc2cccnc2C#N)C1. The number of nitrogens with zero attached hydrogens (tertiary/aromatic N) is 3. The second-order valence-electron chi connectivity index (χ2n) is 4.27. The summed E-state index contributed by atoms with van der Waals surface area (Å²) in [6, 6.07) is 5.80. The molecule has 1 aromatic heterocycles. The molecule has 1 aliphatic heterocycles. The number of rotatable bonds is 2. The molecule has 4 heteroatoms. The normalized spacial score (nSPS) is 19.3. The highest BCUT2D eigenvalue weighted by Crippen LogP contribution is 2.22.